The summed E-state index contributed by atoms with van der Waals surface area (Å²) < 4.78 is 0. The molecule has 0 aliphatic heterocycles. The normalized spacial score (nSPS) is 14.0. The molecule has 0 aliphatic rings. The quantitative estimate of drug-likeness (QED) is 0.811. The van der Waals surface area contributed by atoms with Crippen LogP contribution in [0, 0.1) is 5.92 Å². The lowest BCUT2D eigenvalue weighted by Gasteiger charge is -2.20. The minimum Gasteiger partial charge on any atom is -0.478 e. The van der Waals surface area contributed by atoms with Crippen molar-refractivity contribution in [2.75, 3.05) is 5.32 Å². The number of hydrogen-bond acceptors (Lipinski definition) is 2. The standard InChI is InChI=1S/C14H20ClNO2/c1-4-9(2)7-10(3)16-13-6-5-11(15)8-12(13)14(17)18/h5-6,8-10,16H,4,7H2,1-3H3,(H,17,18). The van der Waals surface area contributed by atoms with E-state index < -0.39 is 5.97 Å². The van der Waals surface area contributed by atoms with Crippen LogP contribution in [-0.4, -0.2) is 17.1 Å². The third-order valence-corrected chi connectivity index (χ3v) is 3.30. The Morgan fingerprint density at radius 1 is 1.44 bits per heavy atom. The molecule has 0 radical (unpaired) electrons. The van der Waals surface area contributed by atoms with E-state index in [9.17, 15) is 4.79 Å². The highest BCUT2D eigenvalue weighted by Gasteiger charge is 2.13. The van der Waals surface area contributed by atoms with Crippen LogP contribution in [0.3, 0.4) is 0 Å². The minimum atomic E-state index is -0.962. The molecule has 0 spiro atoms. The van der Waals surface area contributed by atoms with Gasteiger partial charge in [0.15, 0.2) is 0 Å². The highest BCUT2D eigenvalue weighted by Crippen LogP contribution is 2.23. The summed E-state index contributed by atoms with van der Waals surface area (Å²) >= 11 is 5.81. The fraction of sp³-hybridized carbons (Fsp3) is 0.500. The van der Waals surface area contributed by atoms with E-state index in [1.54, 1.807) is 12.1 Å². The number of carbonyl (C=O) groups is 1. The first-order valence-electron chi connectivity index (χ1n) is 6.23. The molecule has 0 heterocycles. The van der Waals surface area contributed by atoms with Crippen LogP contribution < -0.4 is 5.32 Å². The van der Waals surface area contributed by atoms with Crippen molar-refractivity contribution < 1.29 is 9.90 Å². The van der Waals surface area contributed by atoms with Crippen molar-refractivity contribution in [3.63, 3.8) is 0 Å². The van der Waals surface area contributed by atoms with E-state index in [-0.39, 0.29) is 11.6 Å². The molecule has 0 bridgehead atoms. The van der Waals surface area contributed by atoms with E-state index >= 15 is 0 Å². The van der Waals surface area contributed by atoms with Gasteiger partial charge in [0, 0.05) is 16.8 Å². The van der Waals surface area contributed by atoms with Crippen molar-refractivity contribution in [2.45, 2.75) is 39.7 Å². The summed E-state index contributed by atoms with van der Waals surface area (Å²) in [7, 11) is 0. The van der Waals surface area contributed by atoms with Crippen LogP contribution in [0.5, 0.6) is 0 Å². The molecule has 18 heavy (non-hydrogen) atoms. The fourth-order valence-electron chi connectivity index (χ4n) is 1.91. The summed E-state index contributed by atoms with van der Waals surface area (Å²) in [5, 5.41) is 12.8. The van der Waals surface area contributed by atoms with Gasteiger partial charge in [-0.1, -0.05) is 31.9 Å². The number of anilines is 1. The zero-order valence-corrected chi connectivity index (χ0v) is 11.8. The second-order valence-electron chi connectivity index (χ2n) is 4.79. The molecule has 3 nitrogen and oxygen atoms in total. The van der Waals surface area contributed by atoms with Crippen LogP contribution in [-0.2, 0) is 0 Å². The molecule has 100 valence electrons. The van der Waals surface area contributed by atoms with Gasteiger partial charge in [-0.3, -0.25) is 0 Å². The number of halogens is 1. The summed E-state index contributed by atoms with van der Waals surface area (Å²) in [4.78, 5) is 11.1. The molecule has 0 amide bonds. The van der Waals surface area contributed by atoms with Crippen molar-refractivity contribution in [3.8, 4) is 0 Å². The van der Waals surface area contributed by atoms with E-state index in [0.29, 0.717) is 16.6 Å². The summed E-state index contributed by atoms with van der Waals surface area (Å²) in [5.41, 5.74) is 0.848. The average molecular weight is 270 g/mol. The van der Waals surface area contributed by atoms with E-state index in [2.05, 4.69) is 26.1 Å². The van der Waals surface area contributed by atoms with Gasteiger partial charge in [0.2, 0.25) is 0 Å². The molecule has 1 aromatic carbocycles. The van der Waals surface area contributed by atoms with Crippen molar-refractivity contribution in [2.24, 2.45) is 5.92 Å². The topological polar surface area (TPSA) is 49.3 Å². The third-order valence-electron chi connectivity index (χ3n) is 3.07. The Kier molecular flexibility index (Phi) is 5.48. The number of carboxylic acid groups (broad SMARTS) is 1. The molecule has 2 atom stereocenters. The Morgan fingerprint density at radius 2 is 2.11 bits per heavy atom. The number of nitrogens with one attached hydrogen (secondary N) is 1. The number of rotatable bonds is 6. The summed E-state index contributed by atoms with van der Waals surface area (Å²) in [6.45, 7) is 6.41. The number of carboxylic acids is 1. The first-order chi connectivity index (χ1) is 8.43. The highest BCUT2D eigenvalue weighted by molar-refractivity contribution is 6.31. The van der Waals surface area contributed by atoms with E-state index in [1.807, 2.05) is 0 Å². The molecule has 1 rings (SSSR count). The molecule has 2 unspecified atom stereocenters. The average Bonchev–Trinajstić information content (AvgIpc) is 2.30. The van der Waals surface area contributed by atoms with Gasteiger partial charge in [-0.2, -0.15) is 0 Å². The SMILES string of the molecule is CCC(C)CC(C)Nc1ccc(Cl)cc1C(=O)O. The van der Waals surface area contributed by atoms with Crippen molar-refractivity contribution in [1.82, 2.24) is 0 Å². The van der Waals surface area contributed by atoms with Gasteiger partial charge in [-0.15, -0.1) is 0 Å². The maximum Gasteiger partial charge on any atom is 0.337 e. The molecule has 2 N–H and O–H groups in total. The second kappa shape index (κ2) is 6.64. The largest absolute Gasteiger partial charge is 0.478 e. The molecule has 0 aromatic heterocycles. The van der Waals surface area contributed by atoms with Gasteiger partial charge in [0.25, 0.3) is 0 Å². The van der Waals surface area contributed by atoms with Crippen LogP contribution >= 0.6 is 11.6 Å². The predicted molar refractivity (Wildman–Crippen MR) is 75.6 cm³/mol. The maximum absolute atomic E-state index is 11.1. The van der Waals surface area contributed by atoms with Gasteiger partial charge >= 0.3 is 5.97 Å². The lowest BCUT2D eigenvalue weighted by atomic mass is 10.00. The molecule has 0 aliphatic carbocycles. The van der Waals surface area contributed by atoms with Gasteiger partial charge < -0.3 is 10.4 Å². The zero-order chi connectivity index (χ0) is 13.7. The molecular weight excluding hydrogens is 250 g/mol. The number of aromatic carboxylic acids is 1. The Bertz CT molecular complexity index is 420. The van der Waals surface area contributed by atoms with Gasteiger partial charge in [-0.25, -0.2) is 4.79 Å². The Hall–Kier alpha value is -1.22. The second-order valence-corrected chi connectivity index (χ2v) is 5.23. The van der Waals surface area contributed by atoms with Crippen LogP contribution in [0.1, 0.15) is 44.0 Å². The summed E-state index contributed by atoms with van der Waals surface area (Å²) in [6, 6.07) is 5.13. The lowest BCUT2D eigenvalue weighted by molar-refractivity contribution is 0.0698. The van der Waals surface area contributed by atoms with Crippen molar-refractivity contribution in [1.29, 1.82) is 0 Å². The molecule has 0 saturated carbocycles. The van der Waals surface area contributed by atoms with Gasteiger partial charge in [0.1, 0.15) is 0 Å². The summed E-state index contributed by atoms with van der Waals surface area (Å²) in [6.07, 6.45) is 2.14. The zero-order valence-electron chi connectivity index (χ0n) is 11.0. The van der Waals surface area contributed by atoms with Crippen molar-refractivity contribution >= 4 is 23.3 Å². The Balaban J connectivity index is 2.80. The van der Waals surface area contributed by atoms with Gasteiger partial charge in [0.05, 0.1) is 5.56 Å². The van der Waals surface area contributed by atoms with Crippen molar-refractivity contribution in [3.05, 3.63) is 28.8 Å². The molecule has 1 aromatic rings. The molecular formula is C14H20ClNO2. The summed E-state index contributed by atoms with van der Waals surface area (Å²) in [5.74, 6) is -0.344. The van der Waals surface area contributed by atoms with Crippen LogP contribution in [0.15, 0.2) is 18.2 Å². The van der Waals surface area contributed by atoms with Crippen LogP contribution in [0.4, 0.5) is 5.69 Å². The molecule has 0 saturated heterocycles. The van der Waals surface area contributed by atoms with E-state index in [4.69, 9.17) is 16.7 Å². The fourth-order valence-corrected chi connectivity index (χ4v) is 2.09. The highest BCUT2D eigenvalue weighted by atomic mass is 35.5. The lowest BCUT2D eigenvalue weighted by Crippen LogP contribution is -2.20. The predicted octanol–water partition coefficient (Wildman–Crippen LogP) is 4.27. The van der Waals surface area contributed by atoms with E-state index in [1.165, 1.54) is 6.07 Å². The van der Waals surface area contributed by atoms with E-state index in [0.717, 1.165) is 12.8 Å². The van der Waals surface area contributed by atoms with Crippen LogP contribution in [0.25, 0.3) is 0 Å². The van der Waals surface area contributed by atoms with Crippen LogP contribution in [0.2, 0.25) is 5.02 Å². The maximum atomic E-state index is 11.1. The number of hydrogen-bond donors (Lipinski definition) is 2. The smallest absolute Gasteiger partial charge is 0.337 e. The Morgan fingerprint density at radius 3 is 2.67 bits per heavy atom. The molecule has 4 heteroatoms. The first-order valence-corrected chi connectivity index (χ1v) is 6.61. The molecule has 0 fully saturated rings. The third kappa shape index (κ3) is 4.22. The monoisotopic (exact) mass is 269 g/mol. The van der Waals surface area contributed by atoms with Gasteiger partial charge in [-0.05, 0) is 37.5 Å². The first kappa shape index (κ1) is 14.8. The number of benzene rings is 1. The minimum absolute atomic E-state index is 0.221. The Labute approximate surface area is 113 Å².